The van der Waals surface area contributed by atoms with Crippen molar-refractivity contribution in [2.45, 2.75) is 13.2 Å². The van der Waals surface area contributed by atoms with E-state index in [0.29, 0.717) is 0 Å². The molecule has 1 aromatic heterocycles. The molecule has 0 saturated heterocycles. The first kappa shape index (κ1) is 16.9. The maximum atomic E-state index is 12.0. The number of nitrogens with zero attached hydrogens (tertiary/aromatic N) is 2. The number of oxazole rings is 1. The van der Waals surface area contributed by atoms with Crippen LogP contribution in [0.15, 0.2) is 56.1 Å². The highest BCUT2D eigenvalue weighted by atomic mass is 79.9. The number of carbonyl (C=O) groups is 1. The lowest BCUT2D eigenvalue weighted by molar-refractivity contribution is -0.384. The van der Waals surface area contributed by atoms with E-state index < -0.39 is 16.6 Å². The topological polar surface area (TPSA) is 105 Å². The van der Waals surface area contributed by atoms with Crippen LogP contribution in [0.4, 0.5) is 5.69 Å². The number of esters is 1. The number of hydrogen-bond acceptors (Lipinski definition) is 6. The molecule has 0 unspecified atom stereocenters. The Kier molecular flexibility index (Phi) is 4.66. The third kappa shape index (κ3) is 3.61. The second kappa shape index (κ2) is 6.89. The number of nitro groups is 1. The first-order valence-corrected chi connectivity index (χ1v) is 7.92. The molecule has 0 aliphatic heterocycles. The summed E-state index contributed by atoms with van der Waals surface area (Å²) < 4.78 is 12.0. The lowest BCUT2D eigenvalue weighted by Crippen LogP contribution is -2.21. The Balaban J connectivity index is 1.77. The summed E-state index contributed by atoms with van der Waals surface area (Å²) in [4.78, 5) is 34.1. The maximum Gasteiger partial charge on any atom is 0.420 e. The number of halogens is 1. The molecule has 0 radical (unpaired) electrons. The molecule has 3 aromatic rings. The van der Waals surface area contributed by atoms with E-state index in [-0.39, 0.29) is 29.9 Å². The molecule has 9 heteroatoms. The van der Waals surface area contributed by atoms with E-state index in [4.69, 9.17) is 9.15 Å². The van der Waals surface area contributed by atoms with Crippen molar-refractivity contribution in [1.82, 2.24) is 4.57 Å². The van der Waals surface area contributed by atoms with E-state index >= 15 is 0 Å². The minimum Gasteiger partial charge on any atom is -0.459 e. The van der Waals surface area contributed by atoms with Crippen molar-refractivity contribution < 1.29 is 18.9 Å². The van der Waals surface area contributed by atoms with Crippen LogP contribution in [0.2, 0.25) is 0 Å². The second-order valence-electron chi connectivity index (χ2n) is 5.12. The van der Waals surface area contributed by atoms with Gasteiger partial charge in [0.05, 0.1) is 16.5 Å². The molecule has 25 heavy (non-hydrogen) atoms. The van der Waals surface area contributed by atoms with Gasteiger partial charge in [0, 0.05) is 16.1 Å². The van der Waals surface area contributed by atoms with Crippen LogP contribution in [0, 0.1) is 10.1 Å². The summed E-state index contributed by atoms with van der Waals surface area (Å²) in [6.07, 6.45) is 0. The molecule has 8 nitrogen and oxygen atoms in total. The highest BCUT2D eigenvalue weighted by Gasteiger charge is 2.17. The molecule has 0 atom stereocenters. The van der Waals surface area contributed by atoms with Crippen LogP contribution in [0.3, 0.4) is 0 Å². The van der Waals surface area contributed by atoms with Crippen molar-refractivity contribution in [2.75, 3.05) is 0 Å². The van der Waals surface area contributed by atoms with E-state index in [1.165, 1.54) is 12.1 Å². The maximum absolute atomic E-state index is 12.0. The molecule has 128 valence electrons. The van der Waals surface area contributed by atoms with Gasteiger partial charge in [0.1, 0.15) is 13.2 Å². The Labute approximate surface area is 148 Å². The van der Waals surface area contributed by atoms with Crippen molar-refractivity contribution in [2.24, 2.45) is 0 Å². The predicted octanol–water partition coefficient (Wildman–Crippen LogP) is 3.01. The standard InChI is InChI=1S/C16H11BrN2O6/c17-12-4-2-1-3-10(12)9-24-15(20)8-18-13-6-5-11(19(22)23)7-14(13)25-16(18)21/h1-7H,8-9H2. The number of fused-ring (bicyclic) bond motifs is 1. The van der Waals surface area contributed by atoms with Gasteiger partial charge in [0.2, 0.25) is 0 Å². The number of ether oxygens (including phenoxy) is 1. The molecule has 1 heterocycles. The third-order valence-corrected chi connectivity index (χ3v) is 4.27. The van der Waals surface area contributed by atoms with Gasteiger partial charge in [-0.2, -0.15) is 0 Å². The number of hydrogen-bond donors (Lipinski definition) is 0. The van der Waals surface area contributed by atoms with Gasteiger partial charge >= 0.3 is 11.7 Å². The van der Waals surface area contributed by atoms with Crippen molar-refractivity contribution >= 4 is 38.7 Å². The highest BCUT2D eigenvalue weighted by Crippen LogP contribution is 2.20. The molecule has 0 fully saturated rings. The van der Waals surface area contributed by atoms with E-state index in [1.54, 1.807) is 6.07 Å². The first-order valence-electron chi connectivity index (χ1n) is 7.12. The van der Waals surface area contributed by atoms with Crippen LogP contribution < -0.4 is 5.76 Å². The molecule has 0 bridgehead atoms. The molecule has 3 rings (SSSR count). The van der Waals surface area contributed by atoms with Crippen molar-refractivity contribution in [3.05, 3.63) is 73.2 Å². The average molecular weight is 407 g/mol. The van der Waals surface area contributed by atoms with Crippen LogP contribution in [0.25, 0.3) is 11.1 Å². The van der Waals surface area contributed by atoms with Gasteiger partial charge in [-0.1, -0.05) is 34.1 Å². The number of benzene rings is 2. The van der Waals surface area contributed by atoms with Crippen LogP contribution in [-0.4, -0.2) is 15.5 Å². The molecule has 0 N–H and O–H groups in total. The number of non-ortho nitro benzene ring substituents is 1. The zero-order chi connectivity index (χ0) is 18.0. The smallest absolute Gasteiger partial charge is 0.420 e. The third-order valence-electron chi connectivity index (χ3n) is 3.50. The van der Waals surface area contributed by atoms with Gasteiger partial charge < -0.3 is 9.15 Å². The Hall–Kier alpha value is -2.94. The number of rotatable bonds is 5. The van der Waals surface area contributed by atoms with E-state index in [2.05, 4.69) is 15.9 Å². The lowest BCUT2D eigenvalue weighted by Gasteiger charge is -2.07. The molecule has 0 saturated carbocycles. The summed E-state index contributed by atoms with van der Waals surface area (Å²) in [6, 6.07) is 11.0. The summed E-state index contributed by atoms with van der Waals surface area (Å²) in [5.74, 6) is -1.41. The molecule has 0 spiro atoms. The summed E-state index contributed by atoms with van der Waals surface area (Å²) in [6.45, 7) is -0.301. The van der Waals surface area contributed by atoms with Gasteiger partial charge in [-0.25, -0.2) is 4.79 Å². The fourth-order valence-corrected chi connectivity index (χ4v) is 2.67. The van der Waals surface area contributed by atoms with E-state index in [0.717, 1.165) is 20.7 Å². The van der Waals surface area contributed by atoms with Crippen LogP contribution in [-0.2, 0) is 22.7 Å². The van der Waals surface area contributed by atoms with Crippen molar-refractivity contribution in [3.63, 3.8) is 0 Å². The summed E-state index contributed by atoms with van der Waals surface area (Å²) in [5.41, 5.74) is 0.909. The first-order chi connectivity index (χ1) is 12.0. The second-order valence-corrected chi connectivity index (χ2v) is 5.97. The normalized spacial score (nSPS) is 10.8. The summed E-state index contributed by atoms with van der Waals surface area (Å²) in [5, 5.41) is 10.8. The van der Waals surface area contributed by atoms with Gasteiger partial charge in [-0.05, 0) is 12.1 Å². The average Bonchev–Trinajstić information content (AvgIpc) is 2.89. The van der Waals surface area contributed by atoms with Gasteiger partial charge in [-0.3, -0.25) is 19.5 Å². The van der Waals surface area contributed by atoms with Crippen LogP contribution >= 0.6 is 15.9 Å². The number of nitro benzene ring substituents is 1. The minimum atomic E-state index is -0.784. The Morgan fingerprint density at radius 2 is 2.04 bits per heavy atom. The largest absolute Gasteiger partial charge is 0.459 e. The fourth-order valence-electron chi connectivity index (χ4n) is 2.27. The van der Waals surface area contributed by atoms with E-state index in [1.807, 2.05) is 18.2 Å². The molecule has 0 amide bonds. The Morgan fingerprint density at radius 1 is 1.28 bits per heavy atom. The number of aromatic nitrogens is 1. The van der Waals surface area contributed by atoms with Crippen molar-refractivity contribution in [3.8, 4) is 0 Å². The fraction of sp³-hybridized carbons (Fsp3) is 0.125. The van der Waals surface area contributed by atoms with Gasteiger partial charge in [0.25, 0.3) is 5.69 Å². The SMILES string of the molecule is O=C(Cn1c(=O)oc2cc([N+](=O)[O-])ccc21)OCc1ccccc1Br. The van der Waals surface area contributed by atoms with E-state index in [9.17, 15) is 19.7 Å². The predicted molar refractivity (Wildman–Crippen MR) is 91.1 cm³/mol. The molecular formula is C16H11BrN2O6. The highest BCUT2D eigenvalue weighted by molar-refractivity contribution is 9.10. The Morgan fingerprint density at radius 3 is 2.76 bits per heavy atom. The minimum absolute atomic E-state index is 0.0396. The quantitative estimate of drug-likeness (QED) is 0.366. The summed E-state index contributed by atoms with van der Waals surface area (Å²) >= 11 is 3.35. The molecule has 0 aliphatic carbocycles. The van der Waals surface area contributed by atoms with Crippen molar-refractivity contribution in [1.29, 1.82) is 0 Å². The van der Waals surface area contributed by atoms with Crippen LogP contribution in [0.5, 0.6) is 0 Å². The molecule has 2 aromatic carbocycles. The molecular weight excluding hydrogens is 396 g/mol. The lowest BCUT2D eigenvalue weighted by atomic mass is 10.2. The van der Waals surface area contributed by atoms with Gasteiger partial charge in [-0.15, -0.1) is 0 Å². The van der Waals surface area contributed by atoms with Gasteiger partial charge in [0.15, 0.2) is 5.58 Å². The zero-order valence-corrected chi connectivity index (χ0v) is 14.3. The van der Waals surface area contributed by atoms with Crippen LogP contribution in [0.1, 0.15) is 5.56 Å². The summed E-state index contributed by atoms with van der Waals surface area (Å²) in [7, 11) is 0. The molecule has 0 aliphatic rings. The zero-order valence-electron chi connectivity index (χ0n) is 12.7. The Bertz CT molecular complexity index is 1020. The number of carbonyl (C=O) groups excluding carboxylic acids is 1. The monoisotopic (exact) mass is 406 g/mol.